The third kappa shape index (κ3) is 1.74. The van der Waals surface area contributed by atoms with E-state index in [1.54, 1.807) is 0 Å². The van der Waals surface area contributed by atoms with Crippen molar-refractivity contribution in [2.24, 2.45) is 0 Å². The fourth-order valence-corrected chi connectivity index (χ4v) is 2.46. The van der Waals surface area contributed by atoms with Gasteiger partial charge in [-0.05, 0) is 29.8 Å². The number of rotatable bonds is 1. The van der Waals surface area contributed by atoms with Gasteiger partial charge in [0.05, 0.1) is 11.4 Å². The van der Waals surface area contributed by atoms with E-state index < -0.39 is 0 Å². The Labute approximate surface area is 117 Å². The van der Waals surface area contributed by atoms with Gasteiger partial charge in [0, 0.05) is 5.56 Å². The average molecular weight is 258 g/mol. The van der Waals surface area contributed by atoms with Crippen LogP contribution >= 0.6 is 0 Å². The Balaban J connectivity index is 1.87. The summed E-state index contributed by atoms with van der Waals surface area (Å²) in [6.07, 6.45) is 0. The topological polar surface area (TPSA) is 21.3 Å². The van der Waals surface area contributed by atoms with Crippen LogP contribution in [0.2, 0.25) is 0 Å². The highest BCUT2D eigenvalue weighted by Gasteiger charge is 2.18. The van der Waals surface area contributed by atoms with E-state index in [2.05, 4.69) is 29.6 Å². The summed E-state index contributed by atoms with van der Waals surface area (Å²) in [5.74, 6) is 1.72. The summed E-state index contributed by atoms with van der Waals surface area (Å²) < 4.78 is 5.97. The van der Waals surface area contributed by atoms with E-state index in [-0.39, 0.29) is 0 Å². The second-order valence-corrected chi connectivity index (χ2v) is 4.69. The van der Waals surface area contributed by atoms with E-state index in [0.717, 1.165) is 34.0 Å². The molecule has 95 valence electrons. The van der Waals surface area contributed by atoms with Crippen molar-refractivity contribution in [1.82, 2.24) is 0 Å². The molecule has 0 spiro atoms. The number of fused-ring (bicyclic) bond motifs is 2. The van der Waals surface area contributed by atoms with Gasteiger partial charge in [-0.2, -0.15) is 0 Å². The lowest BCUT2D eigenvalue weighted by atomic mass is 10.0. The van der Waals surface area contributed by atoms with Crippen LogP contribution in [0.4, 0.5) is 11.4 Å². The number of hydrogen-bond donors (Lipinski definition) is 1. The minimum Gasteiger partial charge on any atom is -0.453 e. The maximum Gasteiger partial charge on any atom is 0.151 e. The lowest BCUT2D eigenvalue weighted by molar-refractivity contribution is 0.481. The van der Waals surface area contributed by atoms with Gasteiger partial charge in [-0.1, -0.05) is 48.5 Å². The maximum absolute atomic E-state index is 5.97. The zero-order valence-electron chi connectivity index (χ0n) is 10.8. The highest BCUT2D eigenvalue weighted by molar-refractivity contribution is 5.88. The summed E-state index contributed by atoms with van der Waals surface area (Å²) in [6, 6.07) is 25.1. The molecule has 1 heterocycles. The van der Waals surface area contributed by atoms with Gasteiger partial charge in [-0.3, -0.25) is 0 Å². The lowest BCUT2D eigenvalue weighted by Gasteiger charge is -2.24. The third-order valence-corrected chi connectivity index (χ3v) is 3.42. The molecule has 2 nitrogen and oxygen atoms in total. The number of anilines is 2. The van der Waals surface area contributed by atoms with Crippen molar-refractivity contribution in [3.05, 3.63) is 72.8 Å². The first-order valence-corrected chi connectivity index (χ1v) is 6.55. The molecular weight excluding hydrogens is 246 g/mol. The van der Waals surface area contributed by atoms with Crippen LogP contribution in [0.3, 0.4) is 0 Å². The molecule has 0 fully saturated rings. The molecule has 1 radical (unpaired) electrons. The molecule has 0 unspecified atom stereocenters. The van der Waals surface area contributed by atoms with Crippen molar-refractivity contribution < 1.29 is 4.74 Å². The molecule has 0 saturated heterocycles. The Kier molecular flexibility index (Phi) is 2.46. The van der Waals surface area contributed by atoms with Crippen molar-refractivity contribution in [2.45, 2.75) is 0 Å². The van der Waals surface area contributed by atoms with E-state index in [4.69, 9.17) is 4.74 Å². The van der Waals surface area contributed by atoms with Gasteiger partial charge in [-0.25, -0.2) is 0 Å². The van der Waals surface area contributed by atoms with E-state index in [0.29, 0.717) is 0 Å². The molecule has 0 saturated carbocycles. The summed E-state index contributed by atoms with van der Waals surface area (Å²) in [6.45, 7) is 0. The highest BCUT2D eigenvalue weighted by atomic mass is 16.5. The molecule has 1 aliphatic heterocycles. The Morgan fingerprint density at radius 2 is 1.60 bits per heavy atom. The van der Waals surface area contributed by atoms with Gasteiger partial charge in [0.2, 0.25) is 0 Å². The third-order valence-electron chi connectivity index (χ3n) is 3.42. The minimum absolute atomic E-state index is 0.856. The molecule has 3 aromatic carbocycles. The van der Waals surface area contributed by atoms with Crippen molar-refractivity contribution in [3.8, 4) is 22.6 Å². The maximum atomic E-state index is 5.97. The fraction of sp³-hybridized carbons (Fsp3) is 0. The van der Waals surface area contributed by atoms with Crippen LogP contribution in [-0.4, -0.2) is 0 Å². The van der Waals surface area contributed by atoms with Gasteiger partial charge in [-0.15, -0.1) is 0 Å². The number of para-hydroxylation sites is 3. The smallest absolute Gasteiger partial charge is 0.151 e. The van der Waals surface area contributed by atoms with Gasteiger partial charge in [0.15, 0.2) is 11.5 Å². The lowest BCUT2D eigenvalue weighted by Crippen LogP contribution is -2.03. The summed E-state index contributed by atoms with van der Waals surface area (Å²) in [7, 11) is 0. The molecule has 0 aliphatic carbocycles. The quantitative estimate of drug-likeness (QED) is 0.518. The van der Waals surface area contributed by atoms with Gasteiger partial charge in [0.25, 0.3) is 0 Å². The Hall–Kier alpha value is -2.74. The molecule has 1 aliphatic rings. The largest absolute Gasteiger partial charge is 0.453 e. The normalized spacial score (nSPS) is 11.8. The molecule has 0 atom stereocenters. The Bertz CT molecular complexity index is 765. The molecule has 3 aromatic rings. The molecule has 4 rings (SSSR count). The first-order valence-electron chi connectivity index (χ1n) is 6.55. The monoisotopic (exact) mass is 258 g/mol. The van der Waals surface area contributed by atoms with E-state index in [9.17, 15) is 0 Å². The van der Waals surface area contributed by atoms with Crippen LogP contribution in [0.5, 0.6) is 11.5 Å². The summed E-state index contributed by atoms with van der Waals surface area (Å²) in [5, 5.41) is 3.47. The zero-order chi connectivity index (χ0) is 13.4. The van der Waals surface area contributed by atoms with E-state index in [1.165, 1.54) is 0 Å². The van der Waals surface area contributed by atoms with Crippen molar-refractivity contribution in [3.63, 3.8) is 0 Å². The molecule has 0 bridgehead atoms. The number of ether oxygens (including phenoxy) is 1. The number of benzene rings is 3. The first-order chi connectivity index (χ1) is 9.92. The first kappa shape index (κ1) is 11.1. The van der Waals surface area contributed by atoms with Crippen molar-refractivity contribution in [2.75, 3.05) is 5.32 Å². The molecule has 1 N–H and O–H groups in total. The zero-order valence-corrected chi connectivity index (χ0v) is 10.8. The molecule has 2 heteroatoms. The van der Waals surface area contributed by atoms with Crippen LogP contribution in [-0.2, 0) is 0 Å². The fourth-order valence-electron chi connectivity index (χ4n) is 2.46. The van der Waals surface area contributed by atoms with E-state index in [1.807, 2.05) is 48.5 Å². The van der Waals surface area contributed by atoms with Crippen LogP contribution in [0.15, 0.2) is 66.7 Å². The second kappa shape index (κ2) is 4.42. The Morgan fingerprint density at radius 1 is 0.800 bits per heavy atom. The molecule has 0 aromatic heterocycles. The van der Waals surface area contributed by atoms with Crippen LogP contribution < -0.4 is 10.1 Å². The van der Waals surface area contributed by atoms with Gasteiger partial charge in [0.1, 0.15) is 0 Å². The van der Waals surface area contributed by atoms with Gasteiger partial charge < -0.3 is 10.1 Å². The number of hydrogen-bond acceptors (Lipinski definition) is 2. The van der Waals surface area contributed by atoms with Crippen molar-refractivity contribution in [1.29, 1.82) is 0 Å². The molecule has 20 heavy (non-hydrogen) atoms. The van der Waals surface area contributed by atoms with Crippen molar-refractivity contribution >= 4 is 11.4 Å². The molecule has 0 amide bonds. The second-order valence-electron chi connectivity index (χ2n) is 4.69. The van der Waals surface area contributed by atoms with Crippen LogP contribution in [0, 0.1) is 6.07 Å². The standard InChI is InChI=1S/C18H12NO/c1-2-7-13(8-3-1)14-9-6-12-17-18(14)19-15-10-4-5-11-16(15)20-17/h2-12,19H. The predicted octanol–water partition coefficient (Wildman–Crippen LogP) is 5.00. The predicted molar refractivity (Wildman–Crippen MR) is 80.5 cm³/mol. The Morgan fingerprint density at radius 3 is 2.50 bits per heavy atom. The summed E-state index contributed by atoms with van der Waals surface area (Å²) >= 11 is 0. The number of nitrogens with one attached hydrogen (secondary N) is 1. The van der Waals surface area contributed by atoms with E-state index >= 15 is 0 Å². The average Bonchev–Trinajstić information content (AvgIpc) is 2.53. The summed E-state index contributed by atoms with van der Waals surface area (Å²) in [5.41, 5.74) is 4.29. The highest BCUT2D eigenvalue weighted by Crippen LogP contribution is 2.46. The van der Waals surface area contributed by atoms with Gasteiger partial charge >= 0.3 is 0 Å². The summed E-state index contributed by atoms with van der Waals surface area (Å²) in [4.78, 5) is 0. The van der Waals surface area contributed by atoms with Crippen LogP contribution in [0.25, 0.3) is 11.1 Å². The SMILES string of the molecule is [c]1ccc(-c2cccc3c2Nc2ccccc2O3)cc1. The molecular formula is C18H12NO. The van der Waals surface area contributed by atoms with Crippen LogP contribution in [0.1, 0.15) is 0 Å². The minimum atomic E-state index is 0.856.